The van der Waals surface area contributed by atoms with Crippen molar-refractivity contribution >= 4 is 5.91 Å². The summed E-state index contributed by atoms with van der Waals surface area (Å²) in [4.78, 5) is 21.2. The molecule has 3 aromatic rings. The Balaban J connectivity index is 1.59. The first-order valence-corrected chi connectivity index (χ1v) is 8.50. The number of benzene rings is 2. The van der Waals surface area contributed by atoms with E-state index in [1.54, 1.807) is 6.20 Å². The van der Waals surface area contributed by atoms with Crippen LogP contribution in [0.2, 0.25) is 0 Å². The number of methoxy groups -OCH3 is 1. The summed E-state index contributed by atoms with van der Waals surface area (Å²) < 4.78 is 5.33. The van der Waals surface area contributed by atoms with Gasteiger partial charge in [-0.05, 0) is 11.6 Å². The Hall–Kier alpha value is -3.05. The van der Waals surface area contributed by atoms with E-state index in [-0.39, 0.29) is 5.91 Å². The van der Waals surface area contributed by atoms with Crippen LogP contribution in [-0.4, -0.2) is 29.5 Å². The van der Waals surface area contributed by atoms with Gasteiger partial charge < -0.3 is 10.1 Å². The van der Waals surface area contributed by atoms with Crippen molar-refractivity contribution in [1.29, 1.82) is 0 Å². The minimum Gasteiger partial charge on any atom is -0.367 e. The second-order valence-electron chi connectivity index (χ2n) is 5.79. The number of nitrogens with zero attached hydrogens (tertiary/aromatic N) is 2. The SMILES string of the molecule is COC(C(=O)NCCc1nccc(-c2ccccc2)n1)c1ccccc1. The van der Waals surface area contributed by atoms with Gasteiger partial charge in [-0.3, -0.25) is 4.79 Å². The second kappa shape index (κ2) is 8.87. The lowest BCUT2D eigenvalue weighted by Crippen LogP contribution is -2.32. The summed E-state index contributed by atoms with van der Waals surface area (Å²) >= 11 is 0. The fraction of sp³-hybridized carbons (Fsp3) is 0.190. The Morgan fingerprint density at radius 1 is 1.04 bits per heavy atom. The van der Waals surface area contributed by atoms with Gasteiger partial charge in [0.15, 0.2) is 6.10 Å². The lowest BCUT2D eigenvalue weighted by molar-refractivity contribution is -0.131. The number of rotatable bonds is 7. The Kier molecular flexibility index (Phi) is 6.06. The second-order valence-corrected chi connectivity index (χ2v) is 5.79. The molecule has 0 aliphatic rings. The van der Waals surface area contributed by atoms with Gasteiger partial charge in [0.1, 0.15) is 5.82 Å². The van der Waals surface area contributed by atoms with Crippen LogP contribution in [0.15, 0.2) is 72.9 Å². The van der Waals surface area contributed by atoms with Crippen molar-refractivity contribution in [2.45, 2.75) is 12.5 Å². The third-order valence-corrected chi connectivity index (χ3v) is 4.00. The summed E-state index contributed by atoms with van der Waals surface area (Å²) in [5.41, 5.74) is 2.75. The molecule has 26 heavy (non-hydrogen) atoms. The van der Waals surface area contributed by atoms with E-state index in [0.29, 0.717) is 18.8 Å². The molecule has 0 saturated heterocycles. The number of ether oxygens (including phenoxy) is 1. The maximum Gasteiger partial charge on any atom is 0.253 e. The van der Waals surface area contributed by atoms with Crippen molar-refractivity contribution in [3.8, 4) is 11.3 Å². The van der Waals surface area contributed by atoms with Gasteiger partial charge in [0.2, 0.25) is 0 Å². The third kappa shape index (κ3) is 4.52. The van der Waals surface area contributed by atoms with Crippen LogP contribution < -0.4 is 5.32 Å². The normalized spacial score (nSPS) is 11.7. The molecular weight excluding hydrogens is 326 g/mol. The van der Waals surface area contributed by atoms with E-state index < -0.39 is 6.10 Å². The largest absolute Gasteiger partial charge is 0.367 e. The molecule has 1 heterocycles. The summed E-state index contributed by atoms with van der Waals surface area (Å²) in [7, 11) is 1.53. The molecule has 1 amide bonds. The van der Waals surface area contributed by atoms with Crippen molar-refractivity contribution in [2.24, 2.45) is 0 Å². The number of nitrogens with one attached hydrogen (secondary N) is 1. The molecule has 0 fully saturated rings. The highest BCUT2D eigenvalue weighted by molar-refractivity contribution is 5.82. The van der Waals surface area contributed by atoms with Gasteiger partial charge in [0, 0.05) is 31.8 Å². The summed E-state index contributed by atoms with van der Waals surface area (Å²) in [6, 6.07) is 21.3. The molecule has 0 spiro atoms. The zero-order valence-corrected chi connectivity index (χ0v) is 14.6. The van der Waals surface area contributed by atoms with Gasteiger partial charge in [0.25, 0.3) is 5.91 Å². The average molecular weight is 347 g/mol. The molecule has 0 saturated carbocycles. The van der Waals surface area contributed by atoms with E-state index in [0.717, 1.165) is 16.8 Å². The third-order valence-electron chi connectivity index (χ3n) is 4.00. The maximum atomic E-state index is 12.4. The molecule has 5 nitrogen and oxygen atoms in total. The quantitative estimate of drug-likeness (QED) is 0.713. The number of aromatic nitrogens is 2. The molecule has 3 rings (SSSR count). The minimum absolute atomic E-state index is 0.169. The molecule has 1 N–H and O–H groups in total. The zero-order chi connectivity index (χ0) is 18.2. The molecule has 1 atom stereocenters. The van der Waals surface area contributed by atoms with Gasteiger partial charge in [0.05, 0.1) is 5.69 Å². The van der Waals surface area contributed by atoms with E-state index in [4.69, 9.17) is 4.74 Å². The average Bonchev–Trinajstić information content (AvgIpc) is 2.70. The van der Waals surface area contributed by atoms with Gasteiger partial charge in [-0.15, -0.1) is 0 Å². The van der Waals surface area contributed by atoms with E-state index in [2.05, 4.69) is 15.3 Å². The Labute approximate surface area is 153 Å². The van der Waals surface area contributed by atoms with E-state index >= 15 is 0 Å². The van der Waals surface area contributed by atoms with Crippen LogP contribution in [0.3, 0.4) is 0 Å². The highest BCUT2D eigenvalue weighted by Gasteiger charge is 2.19. The minimum atomic E-state index is -0.618. The van der Waals surface area contributed by atoms with Crippen LogP contribution in [0.25, 0.3) is 11.3 Å². The molecule has 132 valence electrons. The number of carbonyl (C=O) groups is 1. The van der Waals surface area contributed by atoms with Gasteiger partial charge in [-0.2, -0.15) is 0 Å². The molecule has 1 aromatic heterocycles. The first kappa shape index (κ1) is 17.8. The van der Waals surface area contributed by atoms with E-state index in [1.807, 2.05) is 66.7 Å². The van der Waals surface area contributed by atoms with Crippen LogP contribution in [-0.2, 0) is 16.0 Å². The fourth-order valence-corrected chi connectivity index (χ4v) is 2.70. The van der Waals surface area contributed by atoms with Crippen molar-refractivity contribution in [2.75, 3.05) is 13.7 Å². The Bertz CT molecular complexity index is 838. The predicted octanol–water partition coefficient (Wildman–Crippen LogP) is 3.19. The van der Waals surface area contributed by atoms with Crippen LogP contribution >= 0.6 is 0 Å². The highest BCUT2D eigenvalue weighted by atomic mass is 16.5. The van der Waals surface area contributed by atoms with Crippen LogP contribution in [0.1, 0.15) is 17.5 Å². The smallest absolute Gasteiger partial charge is 0.253 e. The van der Waals surface area contributed by atoms with Crippen molar-refractivity contribution < 1.29 is 9.53 Å². The zero-order valence-electron chi connectivity index (χ0n) is 14.6. The monoisotopic (exact) mass is 347 g/mol. The Morgan fingerprint density at radius 2 is 1.73 bits per heavy atom. The molecule has 0 aliphatic heterocycles. The molecule has 5 heteroatoms. The van der Waals surface area contributed by atoms with Crippen molar-refractivity contribution in [1.82, 2.24) is 15.3 Å². The maximum absolute atomic E-state index is 12.4. The predicted molar refractivity (Wildman–Crippen MR) is 100 cm³/mol. The van der Waals surface area contributed by atoms with Gasteiger partial charge in [-0.1, -0.05) is 60.7 Å². The van der Waals surface area contributed by atoms with Crippen LogP contribution in [0.5, 0.6) is 0 Å². The molecular formula is C21H21N3O2. The van der Waals surface area contributed by atoms with Crippen LogP contribution in [0, 0.1) is 0 Å². The summed E-state index contributed by atoms with van der Waals surface area (Å²) in [6.07, 6.45) is 1.68. The number of amides is 1. The van der Waals surface area contributed by atoms with Gasteiger partial charge >= 0.3 is 0 Å². The van der Waals surface area contributed by atoms with Crippen molar-refractivity contribution in [3.05, 3.63) is 84.3 Å². The molecule has 1 unspecified atom stereocenters. The first-order valence-electron chi connectivity index (χ1n) is 8.50. The summed E-state index contributed by atoms with van der Waals surface area (Å²) in [5, 5.41) is 2.90. The summed E-state index contributed by atoms with van der Waals surface area (Å²) in [6.45, 7) is 0.448. The lowest BCUT2D eigenvalue weighted by Gasteiger charge is -2.15. The molecule has 2 aromatic carbocycles. The molecule has 0 radical (unpaired) electrons. The van der Waals surface area contributed by atoms with Crippen LogP contribution in [0.4, 0.5) is 0 Å². The fourth-order valence-electron chi connectivity index (χ4n) is 2.70. The lowest BCUT2D eigenvalue weighted by atomic mass is 10.1. The van der Waals surface area contributed by atoms with Crippen molar-refractivity contribution in [3.63, 3.8) is 0 Å². The first-order chi connectivity index (χ1) is 12.8. The number of carbonyl (C=O) groups excluding carboxylic acids is 1. The number of hydrogen-bond donors (Lipinski definition) is 1. The highest BCUT2D eigenvalue weighted by Crippen LogP contribution is 2.17. The summed E-state index contributed by atoms with van der Waals surface area (Å²) in [5.74, 6) is 0.526. The van der Waals surface area contributed by atoms with E-state index in [1.165, 1.54) is 7.11 Å². The van der Waals surface area contributed by atoms with Gasteiger partial charge in [-0.25, -0.2) is 9.97 Å². The molecule has 0 bridgehead atoms. The Morgan fingerprint density at radius 3 is 2.42 bits per heavy atom. The topological polar surface area (TPSA) is 64.1 Å². The molecule has 0 aliphatic carbocycles. The standard InChI is InChI=1S/C21H21N3O2/c1-26-20(17-10-6-3-7-11-17)21(25)23-15-13-19-22-14-12-18(24-19)16-8-4-2-5-9-16/h2-12,14,20H,13,15H2,1H3,(H,23,25). The number of hydrogen-bond acceptors (Lipinski definition) is 4. The van der Waals surface area contributed by atoms with E-state index in [9.17, 15) is 4.79 Å².